The van der Waals surface area contributed by atoms with Crippen LogP contribution in [-0.4, -0.2) is 25.9 Å². The average Bonchev–Trinajstić information content (AvgIpc) is 2.73. The van der Waals surface area contributed by atoms with Crippen molar-refractivity contribution in [2.75, 3.05) is 0 Å². The summed E-state index contributed by atoms with van der Waals surface area (Å²) in [7, 11) is 1.55. The number of halogens is 2. The van der Waals surface area contributed by atoms with Crippen LogP contribution in [0, 0.1) is 0 Å². The largest absolute Gasteiger partial charge is 0.275 e. The maximum atomic E-state index is 11.1. The fourth-order valence-electron chi connectivity index (χ4n) is 1.50. The number of aromatic nitrogens is 3. The highest BCUT2D eigenvalue weighted by molar-refractivity contribution is 6.75. The fourth-order valence-corrected chi connectivity index (χ4v) is 1.75. The summed E-state index contributed by atoms with van der Waals surface area (Å²) in [6.45, 7) is 0. The van der Waals surface area contributed by atoms with Crippen LogP contribution in [0.25, 0.3) is 17.0 Å². The Kier molecular flexibility index (Phi) is 3.81. The standard InChI is InChI=1S/C12H7Cl2N3O2/c1-17-12(9(6-18)10(14)19)15-11(16-17)7-2-4-8(13)5-3-7/h2-5H,1H3. The highest BCUT2D eigenvalue weighted by atomic mass is 35.5. The van der Waals surface area contributed by atoms with E-state index in [-0.39, 0.29) is 11.4 Å². The van der Waals surface area contributed by atoms with Crippen molar-refractivity contribution >= 4 is 40.0 Å². The number of hydrogen-bond donors (Lipinski definition) is 0. The second-order valence-electron chi connectivity index (χ2n) is 3.64. The van der Waals surface area contributed by atoms with Gasteiger partial charge >= 0.3 is 0 Å². The van der Waals surface area contributed by atoms with Crippen LogP contribution in [-0.2, 0) is 16.6 Å². The highest BCUT2D eigenvalue weighted by Crippen LogP contribution is 2.20. The van der Waals surface area contributed by atoms with E-state index in [2.05, 4.69) is 10.1 Å². The fraction of sp³-hybridized carbons (Fsp3) is 0.0833. The molecule has 0 aliphatic heterocycles. The normalized spacial score (nSPS) is 10.1. The van der Waals surface area contributed by atoms with Crippen molar-refractivity contribution in [2.45, 2.75) is 0 Å². The first-order valence-corrected chi connectivity index (χ1v) is 5.91. The monoisotopic (exact) mass is 295 g/mol. The van der Waals surface area contributed by atoms with Gasteiger partial charge in [0.25, 0.3) is 5.24 Å². The molecule has 0 radical (unpaired) electrons. The van der Waals surface area contributed by atoms with Gasteiger partial charge < -0.3 is 0 Å². The molecule has 0 aliphatic carbocycles. The van der Waals surface area contributed by atoms with Crippen LogP contribution >= 0.6 is 23.2 Å². The van der Waals surface area contributed by atoms with E-state index in [9.17, 15) is 9.59 Å². The maximum Gasteiger partial charge on any atom is 0.267 e. The molecule has 0 fully saturated rings. The van der Waals surface area contributed by atoms with Gasteiger partial charge in [0, 0.05) is 17.6 Å². The van der Waals surface area contributed by atoms with E-state index < -0.39 is 5.24 Å². The van der Waals surface area contributed by atoms with Crippen LogP contribution in [0.1, 0.15) is 5.82 Å². The zero-order valence-corrected chi connectivity index (χ0v) is 11.2. The van der Waals surface area contributed by atoms with E-state index in [0.29, 0.717) is 16.4 Å². The molecular formula is C12H7Cl2N3O2. The van der Waals surface area contributed by atoms with Crippen molar-refractivity contribution in [3.63, 3.8) is 0 Å². The lowest BCUT2D eigenvalue weighted by molar-refractivity contribution is -0.106. The number of benzene rings is 1. The quantitative estimate of drug-likeness (QED) is 0.494. The number of carbonyl (C=O) groups excluding carboxylic acids is 2. The predicted molar refractivity (Wildman–Crippen MR) is 71.4 cm³/mol. The minimum atomic E-state index is -0.923. The third-order valence-electron chi connectivity index (χ3n) is 2.39. The molecule has 0 saturated carbocycles. The molecule has 1 heterocycles. The molecule has 1 aromatic heterocycles. The second-order valence-corrected chi connectivity index (χ2v) is 4.42. The van der Waals surface area contributed by atoms with Gasteiger partial charge in [-0.2, -0.15) is 5.10 Å². The van der Waals surface area contributed by atoms with Crippen LogP contribution in [0.3, 0.4) is 0 Å². The van der Waals surface area contributed by atoms with Gasteiger partial charge in [-0.05, 0) is 35.9 Å². The SMILES string of the molecule is Cn1nc(-c2ccc(Cl)cc2)nc1C(=C=O)C(=O)Cl. The lowest BCUT2D eigenvalue weighted by atomic mass is 10.2. The van der Waals surface area contributed by atoms with Gasteiger partial charge in [0.15, 0.2) is 17.2 Å². The van der Waals surface area contributed by atoms with Crippen molar-refractivity contribution in [1.29, 1.82) is 0 Å². The Morgan fingerprint density at radius 3 is 2.47 bits per heavy atom. The molecular weight excluding hydrogens is 289 g/mol. The third-order valence-corrected chi connectivity index (χ3v) is 2.83. The molecule has 0 atom stereocenters. The molecule has 0 aliphatic rings. The summed E-state index contributed by atoms with van der Waals surface area (Å²) in [5.74, 6) is 1.90. The summed E-state index contributed by atoms with van der Waals surface area (Å²) in [5.41, 5.74) is 0.357. The Balaban J connectivity index is 2.50. The zero-order valence-electron chi connectivity index (χ0n) is 9.72. The highest BCUT2D eigenvalue weighted by Gasteiger charge is 2.19. The molecule has 19 heavy (non-hydrogen) atoms. The molecule has 96 valence electrons. The molecule has 0 unspecified atom stereocenters. The van der Waals surface area contributed by atoms with Crippen molar-refractivity contribution in [2.24, 2.45) is 7.05 Å². The van der Waals surface area contributed by atoms with Crippen molar-refractivity contribution < 1.29 is 9.59 Å². The topological polar surface area (TPSA) is 64.8 Å². The minimum Gasteiger partial charge on any atom is -0.275 e. The van der Waals surface area contributed by atoms with Crippen LogP contribution in [0.15, 0.2) is 24.3 Å². The van der Waals surface area contributed by atoms with Gasteiger partial charge in [0.05, 0.1) is 0 Å². The number of allylic oxidation sites excluding steroid dienone is 1. The number of nitrogens with zero attached hydrogens (tertiary/aromatic N) is 3. The molecule has 7 heteroatoms. The number of carbonyl (C=O) groups is 1. The van der Waals surface area contributed by atoms with E-state index in [1.54, 1.807) is 31.3 Å². The first kappa shape index (κ1) is 13.5. The van der Waals surface area contributed by atoms with E-state index >= 15 is 0 Å². The first-order chi connectivity index (χ1) is 9.02. The van der Waals surface area contributed by atoms with Gasteiger partial charge in [-0.3, -0.25) is 4.79 Å². The second kappa shape index (κ2) is 5.36. The Hall–Kier alpha value is -1.94. The van der Waals surface area contributed by atoms with E-state index in [4.69, 9.17) is 23.2 Å². The van der Waals surface area contributed by atoms with E-state index in [1.807, 2.05) is 0 Å². The molecule has 5 nitrogen and oxygen atoms in total. The van der Waals surface area contributed by atoms with Crippen LogP contribution in [0.4, 0.5) is 0 Å². The lowest BCUT2D eigenvalue weighted by Gasteiger charge is -1.94. The van der Waals surface area contributed by atoms with Crippen LogP contribution in [0.2, 0.25) is 5.02 Å². The Bertz CT molecular complexity index is 686. The van der Waals surface area contributed by atoms with Gasteiger partial charge in [-0.1, -0.05) is 11.6 Å². The molecule has 0 spiro atoms. The van der Waals surface area contributed by atoms with Gasteiger partial charge in [-0.15, -0.1) is 0 Å². The molecule has 0 saturated heterocycles. The smallest absolute Gasteiger partial charge is 0.267 e. The van der Waals surface area contributed by atoms with Crippen molar-refractivity contribution in [3.05, 3.63) is 35.1 Å². The molecule has 2 rings (SSSR count). The van der Waals surface area contributed by atoms with Gasteiger partial charge in [0.2, 0.25) is 0 Å². The zero-order chi connectivity index (χ0) is 14.0. The molecule has 0 N–H and O–H groups in total. The summed E-state index contributed by atoms with van der Waals surface area (Å²) in [6.07, 6.45) is 0. The van der Waals surface area contributed by atoms with E-state index in [1.165, 1.54) is 10.6 Å². The van der Waals surface area contributed by atoms with Crippen molar-refractivity contribution in [1.82, 2.24) is 14.8 Å². The Morgan fingerprint density at radius 2 is 1.95 bits per heavy atom. The van der Waals surface area contributed by atoms with Crippen LogP contribution in [0.5, 0.6) is 0 Å². The average molecular weight is 296 g/mol. The summed E-state index contributed by atoms with van der Waals surface area (Å²) in [4.78, 5) is 25.9. The lowest BCUT2D eigenvalue weighted by Crippen LogP contribution is -2.03. The minimum absolute atomic E-state index is 0.0694. The molecule has 2 aromatic rings. The van der Waals surface area contributed by atoms with Gasteiger partial charge in [0.1, 0.15) is 5.94 Å². The summed E-state index contributed by atoms with van der Waals surface area (Å²) < 4.78 is 1.30. The number of aryl methyl sites for hydroxylation is 1. The van der Waals surface area contributed by atoms with Crippen molar-refractivity contribution in [3.8, 4) is 11.4 Å². The first-order valence-electron chi connectivity index (χ1n) is 5.15. The molecule has 0 bridgehead atoms. The summed E-state index contributed by atoms with van der Waals surface area (Å²) >= 11 is 11.1. The van der Waals surface area contributed by atoms with Gasteiger partial charge in [-0.25, -0.2) is 14.5 Å². The number of hydrogen-bond acceptors (Lipinski definition) is 4. The molecule has 1 aromatic carbocycles. The Labute approximate surface area is 118 Å². The summed E-state index contributed by atoms with van der Waals surface area (Å²) in [5, 5.41) is 3.78. The number of rotatable bonds is 3. The molecule has 0 amide bonds. The summed E-state index contributed by atoms with van der Waals surface area (Å²) in [6, 6.07) is 6.84. The van der Waals surface area contributed by atoms with E-state index in [0.717, 1.165) is 0 Å². The third kappa shape index (κ3) is 2.74. The van der Waals surface area contributed by atoms with Crippen LogP contribution < -0.4 is 0 Å². The Morgan fingerprint density at radius 1 is 1.32 bits per heavy atom. The maximum absolute atomic E-state index is 11.1. The predicted octanol–water partition coefficient (Wildman–Crippen LogP) is 2.12.